The van der Waals surface area contributed by atoms with E-state index in [9.17, 15) is 4.79 Å². The second-order valence-corrected chi connectivity index (χ2v) is 5.95. The molecular weight excluding hydrogens is 326 g/mol. The molecule has 1 aliphatic heterocycles. The van der Waals surface area contributed by atoms with Gasteiger partial charge in [0.1, 0.15) is 11.0 Å². The van der Waals surface area contributed by atoms with Crippen molar-refractivity contribution in [2.24, 2.45) is 0 Å². The molecule has 1 aliphatic rings. The molecule has 4 rings (SSSR count). The topological polar surface area (TPSA) is 71.0 Å². The fourth-order valence-corrected chi connectivity index (χ4v) is 3.02. The Hall–Kier alpha value is -2.73. The molecule has 0 bridgehead atoms. The van der Waals surface area contributed by atoms with Crippen LogP contribution in [0.5, 0.6) is 0 Å². The Bertz CT molecular complexity index is 930. The lowest BCUT2D eigenvalue weighted by Gasteiger charge is -2.29. The lowest BCUT2D eigenvalue weighted by atomic mass is 10.1. The van der Waals surface area contributed by atoms with Crippen molar-refractivity contribution in [1.29, 1.82) is 0 Å². The Balaban J connectivity index is 1.89. The normalized spacial score (nSPS) is 14.7. The molecule has 0 aliphatic carbocycles. The van der Waals surface area contributed by atoms with E-state index in [4.69, 9.17) is 16.6 Å². The number of carbonyl (C=O) groups is 1. The van der Waals surface area contributed by atoms with Crippen LogP contribution in [0.4, 0.5) is 5.82 Å². The van der Waals surface area contributed by atoms with Crippen molar-refractivity contribution in [1.82, 2.24) is 20.3 Å². The number of nitrogens with zero attached hydrogens (tertiary/aromatic N) is 4. The average Bonchev–Trinajstić information content (AvgIpc) is 2.61. The van der Waals surface area contributed by atoms with E-state index < -0.39 is 0 Å². The highest BCUT2D eigenvalue weighted by Gasteiger charge is 2.20. The zero-order chi connectivity index (χ0) is 16.5. The third-order valence-electron chi connectivity index (χ3n) is 3.97. The maximum absolute atomic E-state index is 11.8. The van der Waals surface area contributed by atoms with Crippen LogP contribution < -0.4 is 10.2 Å². The SMILES string of the molecule is O=C1CN(c2nc(-c3ccnc(Cl)c3)cc3cnccc23)CCN1. The van der Waals surface area contributed by atoms with Crippen molar-refractivity contribution in [3.05, 3.63) is 48.0 Å². The molecular formula is C17H14ClN5O. The number of nitrogens with one attached hydrogen (secondary N) is 1. The third kappa shape index (κ3) is 2.76. The summed E-state index contributed by atoms with van der Waals surface area (Å²) in [7, 11) is 0. The molecule has 0 spiro atoms. The predicted octanol–water partition coefficient (Wildman–Crippen LogP) is 2.28. The average molecular weight is 340 g/mol. The summed E-state index contributed by atoms with van der Waals surface area (Å²) in [6.07, 6.45) is 5.19. The molecule has 120 valence electrons. The smallest absolute Gasteiger partial charge is 0.239 e. The number of amides is 1. The third-order valence-corrected chi connectivity index (χ3v) is 4.18. The van der Waals surface area contributed by atoms with Crippen LogP contribution in [-0.4, -0.2) is 40.5 Å². The van der Waals surface area contributed by atoms with Gasteiger partial charge in [0.05, 0.1) is 12.2 Å². The van der Waals surface area contributed by atoms with E-state index in [0.717, 1.165) is 34.4 Å². The zero-order valence-electron chi connectivity index (χ0n) is 12.7. The lowest BCUT2D eigenvalue weighted by molar-refractivity contribution is -0.120. The Morgan fingerprint density at radius 1 is 1.21 bits per heavy atom. The van der Waals surface area contributed by atoms with E-state index in [0.29, 0.717) is 18.2 Å². The molecule has 7 heteroatoms. The highest BCUT2D eigenvalue weighted by Crippen LogP contribution is 2.30. The molecule has 6 nitrogen and oxygen atoms in total. The number of hydrogen-bond donors (Lipinski definition) is 1. The summed E-state index contributed by atoms with van der Waals surface area (Å²) < 4.78 is 0. The van der Waals surface area contributed by atoms with Crippen LogP contribution in [0.2, 0.25) is 5.15 Å². The molecule has 0 unspecified atom stereocenters. The first kappa shape index (κ1) is 14.8. The van der Waals surface area contributed by atoms with Gasteiger partial charge in [0.15, 0.2) is 0 Å². The molecule has 4 heterocycles. The minimum atomic E-state index is 0.00242. The summed E-state index contributed by atoms with van der Waals surface area (Å²) in [4.78, 5) is 26.8. The molecule has 0 aromatic carbocycles. The van der Waals surface area contributed by atoms with E-state index in [1.807, 2.05) is 23.1 Å². The quantitative estimate of drug-likeness (QED) is 0.725. The standard InChI is InChI=1S/C17H14ClN5O/c18-15-8-11(1-4-20-15)14-7-12-9-19-3-2-13(12)17(22-14)23-6-5-21-16(24)10-23/h1-4,7-9H,5-6,10H2,(H,21,24). The number of hydrogen-bond acceptors (Lipinski definition) is 5. The molecule has 1 amide bonds. The lowest BCUT2D eigenvalue weighted by Crippen LogP contribution is -2.48. The van der Waals surface area contributed by atoms with Gasteiger partial charge in [-0.3, -0.25) is 9.78 Å². The second-order valence-electron chi connectivity index (χ2n) is 5.57. The molecule has 24 heavy (non-hydrogen) atoms. The van der Waals surface area contributed by atoms with Crippen LogP contribution in [0.25, 0.3) is 22.0 Å². The summed E-state index contributed by atoms with van der Waals surface area (Å²) in [5.41, 5.74) is 1.66. The van der Waals surface area contributed by atoms with Crippen molar-refractivity contribution in [3.8, 4) is 11.3 Å². The zero-order valence-corrected chi connectivity index (χ0v) is 13.5. The maximum Gasteiger partial charge on any atom is 0.239 e. The van der Waals surface area contributed by atoms with Gasteiger partial charge < -0.3 is 10.2 Å². The van der Waals surface area contributed by atoms with Gasteiger partial charge in [-0.2, -0.15) is 0 Å². The Labute approximate surface area is 143 Å². The van der Waals surface area contributed by atoms with Crippen LogP contribution in [0.1, 0.15) is 0 Å². The first-order chi connectivity index (χ1) is 11.7. The van der Waals surface area contributed by atoms with E-state index in [1.54, 1.807) is 24.7 Å². The Kier molecular flexibility index (Phi) is 3.74. The summed E-state index contributed by atoms with van der Waals surface area (Å²) in [5.74, 6) is 0.787. The minimum absolute atomic E-state index is 0.00242. The number of rotatable bonds is 2. The molecule has 0 atom stereocenters. The van der Waals surface area contributed by atoms with Crippen LogP contribution >= 0.6 is 11.6 Å². The molecule has 1 saturated heterocycles. The maximum atomic E-state index is 11.8. The van der Waals surface area contributed by atoms with Crippen LogP contribution in [0, 0.1) is 0 Å². The highest BCUT2D eigenvalue weighted by atomic mass is 35.5. The van der Waals surface area contributed by atoms with Crippen LogP contribution in [0.3, 0.4) is 0 Å². The van der Waals surface area contributed by atoms with Crippen LogP contribution in [0.15, 0.2) is 42.9 Å². The van der Waals surface area contributed by atoms with Gasteiger partial charge in [0.2, 0.25) is 5.91 Å². The predicted molar refractivity (Wildman–Crippen MR) is 93.0 cm³/mol. The highest BCUT2D eigenvalue weighted by molar-refractivity contribution is 6.29. The number of pyridine rings is 3. The Morgan fingerprint density at radius 2 is 2.12 bits per heavy atom. The van der Waals surface area contributed by atoms with Crippen molar-refractivity contribution in [2.75, 3.05) is 24.5 Å². The molecule has 1 N–H and O–H groups in total. The Morgan fingerprint density at radius 3 is 2.96 bits per heavy atom. The summed E-state index contributed by atoms with van der Waals surface area (Å²) in [6, 6.07) is 7.54. The first-order valence-electron chi connectivity index (χ1n) is 7.59. The number of piperazine rings is 1. The van der Waals surface area contributed by atoms with Gasteiger partial charge in [-0.1, -0.05) is 11.6 Å². The van der Waals surface area contributed by atoms with Gasteiger partial charge >= 0.3 is 0 Å². The van der Waals surface area contributed by atoms with Gasteiger partial charge in [-0.05, 0) is 24.3 Å². The fourth-order valence-electron chi connectivity index (χ4n) is 2.85. The first-order valence-corrected chi connectivity index (χ1v) is 7.97. The van der Waals surface area contributed by atoms with E-state index in [-0.39, 0.29) is 5.91 Å². The number of aromatic nitrogens is 3. The fraction of sp³-hybridized carbons (Fsp3) is 0.176. The number of halogens is 1. The van der Waals surface area contributed by atoms with Crippen molar-refractivity contribution in [2.45, 2.75) is 0 Å². The van der Waals surface area contributed by atoms with Crippen molar-refractivity contribution >= 4 is 34.1 Å². The minimum Gasteiger partial charge on any atom is -0.353 e. The summed E-state index contributed by atoms with van der Waals surface area (Å²) >= 11 is 6.01. The molecule has 0 saturated carbocycles. The van der Waals surface area contributed by atoms with Crippen molar-refractivity contribution in [3.63, 3.8) is 0 Å². The molecule has 3 aromatic rings. The molecule has 3 aromatic heterocycles. The number of anilines is 1. The van der Waals surface area contributed by atoms with Gasteiger partial charge in [0.25, 0.3) is 0 Å². The van der Waals surface area contributed by atoms with Gasteiger partial charge in [-0.25, -0.2) is 9.97 Å². The van der Waals surface area contributed by atoms with E-state index >= 15 is 0 Å². The monoisotopic (exact) mass is 339 g/mol. The molecule has 0 radical (unpaired) electrons. The van der Waals surface area contributed by atoms with E-state index in [1.165, 1.54) is 0 Å². The summed E-state index contributed by atoms with van der Waals surface area (Å²) in [5, 5.41) is 5.20. The van der Waals surface area contributed by atoms with Crippen molar-refractivity contribution < 1.29 is 4.79 Å². The van der Waals surface area contributed by atoms with E-state index in [2.05, 4.69) is 15.3 Å². The second kappa shape index (κ2) is 6.05. The van der Waals surface area contributed by atoms with Gasteiger partial charge in [-0.15, -0.1) is 0 Å². The molecule has 1 fully saturated rings. The van der Waals surface area contributed by atoms with Crippen LogP contribution in [-0.2, 0) is 4.79 Å². The van der Waals surface area contributed by atoms with Gasteiger partial charge in [0, 0.05) is 48.0 Å². The summed E-state index contributed by atoms with van der Waals surface area (Å²) in [6.45, 7) is 1.63. The number of carbonyl (C=O) groups excluding carboxylic acids is 1. The number of fused-ring (bicyclic) bond motifs is 1. The largest absolute Gasteiger partial charge is 0.353 e.